The Kier molecular flexibility index (Phi) is 10.5. The van der Waals surface area contributed by atoms with Crippen molar-refractivity contribution in [3.05, 3.63) is 70.7 Å². The van der Waals surface area contributed by atoms with Gasteiger partial charge in [0.1, 0.15) is 5.84 Å². The number of piperazine rings is 1. The highest BCUT2D eigenvalue weighted by atomic mass is 16.3. The van der Waals surface area contributed by atoms with Crippen LogP contribution in [0.3, 0.4) is 0 Å². The van der Waals surface area contributed by atoms with Crippen molar-refractivity contribution in [1.82, 2.24) is 29.4 Å². The molecule has 2 aliphatic heterocycles. The first-order valence-corrected chi connectivity index (χ1v) is 17.0. The van der Waals surface area contributed by atoms with E-state index in [1.807, 2.05) is 41.1 Å². The topological polar surface area (TPSA) is 123 Å². The molecule has 6 rings (SSSR count). The van der Waals surface area contributed by atoms with Gasteiger partial charge in [-0.2, -0.15) is 10.2 Å². The van der Waals surface area contributed by atoms with E-state index in [0.29, 0.717) is 0 Å². The molecule has 0 amide bonds. The first kappa shape index (κ1) is 32.7. The van der Waals surface area contributed by atoms with Gasteiger partial charge in [-0.15, -0.1) is 0 Å². The lowest BCUT2D eigenvalue weighted by Crippen LogP contribution is -2.47. The lowest BCUT2D eigenvalue weighted by atomic mass is 9.81. The Bertz CT molecular complexity index is 1670. The summed E-state index contributed by atoms with van der Waals surface area (Å²) >= 11 is 0. The van der Waals surface area contributed by atoms with E-state index in [9.17, 15) is 0 Å². The predicted octanol–water partition coefficient (Wildman–Crippen LogP) is 4.63. The second-order valence-corrected chi connectivity index (χ2v) is 12.6. The molecule has 3 aromatic rings. The zero-order valence-corrected chi connectivity index (χ0v) is 28.0. The van der Waals surface area contributed by atoms with E-state index in [1.54, 1.807) is 0 Å². The lowest BCUT2D eigenvalue weighted by molar-refractivity contribution is 0.115. The smallest absolute Gasteiger partial charge is 0.153 e. The first-order chi connectivity index (χ1) is 23.0. The molecule has 47 heavy (non-hydrogen) atoms. The van der Waals surface area contributed by atoms with Gasteiger partial charge in [-0.05, 0) is 49.8 Å². The summed E-state index contributed by atoms with van der Waals surface area (Å²) in [5, 5.41) is 30.2. The maximum atomic E-state index is 9.16. The standard InChI is InChI=1S/C36H48N10O/c1-4-46-15-13-33(42-46)40-32-12-5-26(2)34-29(25-39-32)10-11-31-35(34)36(43(3)41-31)28-8-6-27(7-9-28)30(23-37)24-38-14-16-44-17-19-45(20-18-44)21-22-47/h6-9,13,15,23-25,30,37,47H,4-5,10-12,14,16-22H2,1-3H3,(H,39,40,42)/b29-25-,34-26?,37-23?,38-24?. The van der Waals surface area contributed by atoms with E-state index in [0.717, 1.165) is 112 Å². The monoisotopic (exact) mass is 636 g/mol. The van der Waals surface area contributed by atoms with Gasteiger partial charge < -0.3 is 15.8 Å². The van der Waals surface area contributed by atoms with Crippen molar-refractivity contribution < 1.29 is 5.11 Å². The molecule has 2 aromatic heterocycles. The maximum absolute atomic E-state index is 9.16. The van der Waals surface area contributed by atoms with Crippen molar-refractivity contribution in [3.63, 3.8) is 0 Å². The number of hydrogen-bond donors (Lipinski definition) is 3. The summed E-state index contributed by atoms with van der Waals surface area (Å²) in [6, 6.07) is 10.6. The highest BCUT2D eigenvalue weighted by molar-refractivity contribution is 5.97. The van der Waals surface area contributed by atoms with E-state index in [-0.39, 0.29) is 12.5 Å². The van der Waals surface area contributed by atoms with Gasteiger partial charge in [-0.3, -0.25) is 24.2 Å². The number of rotatable bonds is 11. The Morgan fingerprint density at radius 2 is 1.77 bits per heavy atom. The summed E-state index contributed by atoms with van der Waals surface area (Å²) in [5.74, 6) is 1.61. The number of aliphatic hydroxyl groups excluding tert-OH is 1. The summed E-state index contributed by atoms with van der Waals surface area (Å²) < 4.78 is 3.94. The second-order valence-electron chi connectivity index (χ2n) is 12.6. The lowest BCUT2D eigenvalue weighted by Gasteiger charge is -2.33. The van der Waals surface area contributed by atoms with Crippen LogP contribution in [-0.4, -0.2) is 105 Å². The molecule has 1 fully saturated rings. The van der Waals surface area contributed by atoms with Crippen molar-refractivity contribution in [2.45, 2.75) is 52.0 Å². The first-order valence-electron chi connectivity index (χ1n) is 17.0. The zero-order valence-electron chi connectivity index (χ0n) is 28.0. The Morgan fingerprint density at radius 3 is 2.47 bits per heavy atom. The van der Waals surface area contributed by atoms with Gasteiger partial charge in [0, 0.05) is 101 Å². The summed E-state index contributed by atoms with van der Waals surface area (Å²) in [6.45, 7) is 11.8. The maximum Gasteiger partial charge on any atom is 0.153 e. The van der Waals surface area contributed by atoms with Crippen LogP contribution in [0.5, 0.6) is 0 Å². The number of aromatic nitrogens is 4. The minimum Gasteiger partial charge on any atom is -0.395 e. The Labute approximate surface area is 277 Å². The van der Waals surface area contributed by atoms with Crippen LogP contribution in [0.4, 0.5) is 5.82 Å². The number of fused-ring (bicyclic) bond motifs is 3. The van der Waals surface area contributed by atoms with E-state index in [1.165, 1.54) is 28.5 Å². The number of amidine groups is 1. The van der Waals surface area contributed by atoms with Gasteiger partial charge in [0.05, 0.1) is 30.5 Å². The van der Waals surface area contributed by atoms with Gasteiger partial charge in [-0.25, -0.2) is 4.99 Å². The molecule has 4 heterocycles. The molecule has 1 aromatic carbocycles. The Hall–Kier alpha value is -4.19. The summed E-state index contributed by atoms with van der Waals surface area (Å²) in [6.07, 6.45) is 10.9. The van der Waals surface area contributed by atoms with Crippen molar-refractivity contribution in [2.24, 2.45) is 17.0 Å². The molecule has 1 atom stereocenters. The number of nitrogens with zero attached hydrogens (tertiary/aromatic N) is 8. The molecule has 3 aliphatic rings. The fourth-order valence-electron chi connectivity index (χ4n) is 6.86. The van der Waals surface area contributed by atoms with Crippen LogP contribution in [-0.2, 0) is 20.0 Å². The molecule has 1 saturated heterocycles. The second kappa shape index (κ2) is 15.1. The third-order valence-electron chi connectivity index (χ3n) is 9.54. The average molecular weight is 637 g/mol. The molecular formula is C36H48N10O. The number of β-amino-alcohol motifs (C(OH)–C–C–N with tert-alkyl or cyclic N) is 1. The summed E-state index contributed by atoms with van der Waals surface area (Å²) in [5.41, 5.74) is 9.56. The number of allylic oxidation sites excluding steroid dienone is 3. The van der Waals surface area contributed by atoms with Crippen LogP contribution in [0.2, 0.25) is 0 Å². The van der Waals surface area contributed by atoms with E-state index in [2.05, 4.69) is 58.3 Å². The highest BCUT2D eigenvalue weighted by Crippen LogP contribution is 2.43. The van der Waals surface area contributed by atoms with E-state index >= 15 is 0 Å². The largest absolute Gasteiger partial charge is 0.395 e. The van der Waals surface area contributed by atoms with Crippen LogP contribution in [0, 0.1) is 5.41 Å². The van der Waals surface area contributed by atoms with Crippen LogP contribution in [0.1, 0.15) is 55.8 Å². The molecule has 0 bridgehead atoms. The van der Waals surface area contributed by atoms with Crippen LogP contribution < -0.4 is 5.32 Å². The van der Waals surface area contributed by atoms with Crippen molar-refractivity contribution in [3.8, 4) is 11.3 Å². The number of benzene rings is 1. The Balaban J connectivity index is 1.16. The molecule has 1 unspecified atom stereocenters. The third-order valence-corrected chi connectivity index (χ3v) is 9.54. The van der Waals surface area contributed by atoms with Crippen LogP contribution in [0.25, 0.3) is 16.8 Å². The minimum absolute atomic E-state index is 0.160. The fourth-order valence-corrected chi connectivity index (χ4v) is 6.86. The minimum atomic E-state index is -0.160. The highest BCUT2D eigenvalue weighted by Gasteiger charge is 2.29. The molecule has 0 saturated carbocycles. The zero-order chi connectivity index (χ0) is 32.8. The number of aryl methyl sites for hydroxylation is 3. The molecular weight excluding hydrogens is 588 g/mol. The fraction of sp³-hybridized carbons (Fsp3) is 0.472. The third kappa shape index (κ3) is 7.53. The summed E-state index contributed by atoms with van der Waals surface area (Å²) in [7, 11) is 2.04. The molecule has 11 nitrogen and oxygen atoms in total. The molecule has 3 N–H and O–H groups in total. The number of nitrogens with one attached hydrogen (secondary N) is 2. The van der Waals surface area contributed by atoms with E-state index in [4.69, 9.17) is 25.6 Å². The van der Waals surface area contributed by atoms with Gasteiger partial charge in [0.25, 0.3) is 0 Å². The van der Waals surface area contributed by atoms with Gasteiger partial charge >= 0.3 is 0 Å². The number of aliphatic hydroxyl groups is 1. The van der Waals surface area contributed by atoms with Crippen molar-refractivity contribution in [2.75, 3.05) is 57.7 Å². The summed E-state index contributed by atoms with van der Waals surface area (Å²) in [4.78, 5) is 14.3. The van der Waals surface area contributed by atoms with Crippen molar-refractivity contribution in [1.29, 1.82) is 5.41 Å². The van der Waals surface area contributed by atoms with Crippen molar-refractivity contribution >= 4 is 29.7 Å². The SMILES string of the molecule is CCn1ccc(NC2=N/C=C3/CCc4nn(C)c(-c5ccc(C(C=N)C=NCCN6CCN(CCO)CC6)cc5)c4C3=C(C)CC2)n1. The predicted molar refractivity (Wildman–Crippen MR) is 191 cm³/mol. The molecule has 0 radical (unpaired) electrons. The van der Waals surface area contributed by atoms with Gasteiger partial charge in [0.15, 0.2) is 5.82 Å². The quantitative estimate of drug-likeness (QED) is 0.264. The molecule has 0 spiro atoms. The molecule has 11 heteroatoms. The normalized spacial score (nSPS) is 19.4. The van der Waals surface area contributed by atoms with Gasteiger partial charge in [-0.1, -0.05) is 29.8 Å². The number of hydrogen-bond acceptors (Lipinski definition) is 9. The van der Waals surface area contributed by atoms with E-state index < -0.39 is 0 Å². The number of anilines is 1. The van der Waals surface area contributed by atoms with Crippen LogP contribution in [0.15, 0.2) is 63.9 Å². The van der Waals surface area contributed by atoms with Crippen LogP contribution >= 0.6 is 0 Å². The molecule has 1 aliphatic carbocycles. The Morgan fingerprint density at radius 1 is 1.00 bits per heavy atom. The number of aliphatic imine (C=N–C) groups is 2. The molecule has 248 valence electrons. The average Bonchev–Trinajstić information content (AvgIpc) is 3.69. The van der Waals surface area contributed by atoms with Gasteiger partial charge in [0.2, 0.25) is 0 Å².